The van der Waals surface area contributed by atoms with Crippen LogP contribution in [-0.4, -0.2) is 25.3 Å². The van der Waals surface area contributed by atoms with Gasteiger partial charge in [0.2, 0.25) is 0 Å². The van der Waals surface area contributed by atoms with E-state index in [1.807, 2.05) is 24.3 Å². The van der Waals surface area contributed by atoms with E-state index in [0.717, 1.165) is 15.6 Å². The van der Waals surface area contributed by atoms with Gasteiger partial charge in [-0.2, -0.15) is 0 Å². The number of fused-ring (bicyclic) bond motifs is 1. The van der Waals surface area contributed by atoms with E-state index in [9.17, 15) is 9.59 Å². The van der Waals surface area contributed by atoms with E-state index in [0.29, 0.717) is 26.9 Å². The van der Waals surface area contributed by atoms with Crippen molar-refractivity contribution in [3.05, 3.63) is 93.8 Å². The number of carbonyl (C=O) groups is 2. The number of rotatable bonds is 5. The Bertz CT molecular complexity index is 1290. The van der Waals surface area contributed by atoms with Gasteiger partial charge in [-0.3, -0.25) is 4.99 Å². The average Bonchev–Trinajstić information content (AvgIpc) is 3.15. The van der Waals surface area contributed by atoms with Gasteiger partial charge >= 0.3 is 11.9 Å². The smallest absolute Gasteiger partial charge is 0.355 e. The molecule has 3 aromatic carbocycles. The van der Waals surface area contributed by atoms with Crippen LogP contribution in [0.3, 0.4) is 0 Å². The summed E-state index contributed by atoms with van der Waals surface area (Å²) in [7, 11) is 1.33. The molecule has 0 N–H and O–H groups in total. The zero-order valence-electron chi connectivity index (χ0n) is 16.4. The quantitative estimate of drug-likeness (QED) is 0.203. The minimum atomic E-state index is -0.493. The molecule has 31 heavy (non-hydrogen) atoms. The first kappa shape index (κ1) is 20.8. The summed E-state index contributed by atoms with van der Waals surface area (Å²) in [5, 5.41) is 1.24. The summed E-state index contributed by atoms with van der Waals surface area (Å²) in [6, 6.07) is 21.3. The van der Waals surface area contributed by atoms with Gasteiger partial charge in [-0.1, -0.05) is 35.9 Å². The van der Waals surface area contributed by atoms with Crippen LogP contribution in [-0.2, 0) is 4.74 Å². The Balaban J connectivity index is 1.46. The van der Waals surface area contributed by atoms with E-state index in [1.165, 1.54) is 18.4 Å². The summed E-state index contributed by atoms with van der Waals surface area (Å²) in [6.45, 7) is 0. The van der Waals surface area contributed by atoms with E-state index in [1.54, 1.807) is 54.7 Å². The predicted molar refractivity (Wildman–Crippen MR) is 123 cm³/mol. The Hall–Kier alpha value is -3.48. The second-order valence-electron chi connectivity index (χ2n) is 6.50. The third kappa shape index (κ3) is 4.66. The molecule has 154 valence electrons. The summed E-state index contributed by atoms with van der Waals surface area (Å²) < 4.78 is 11.1. The average molecular weight is 450 g/mol. The first-order valence-corrected chi connectivity index (χ1v) is 10.5. The number of methoxy groups -OCH3 is 1. The monoisotopic (exact) mass is 449 g/mol. The molecule has 0 aliphatic carbocycles. The zero-order chi connectivity index (χ0) is 21.8. The molecular formula is C24H16ClNO4S. The number of esters is 2. The van der Waals surface area contributed by atoms with Crippen LogP contribution in [0.5, 0.6) is 5.75 Å². The number of nitrogens with zero attached hydrogens (tertiary/aromatic N) is 1. The molecule has 0 aliphatic rings. The van der Waals surface area contributed by atoms with Crippen LogP contribution in [0.25, 0.3) is 10.1 Å². The summed E-state index contributed by atoms with van der Waals surface area (Å²) in [4.78, 5) is 28.9. The highest BCUT2D eigenvalue weighted by atomic mass is 35.5. The molecule has 1 aromatic heterocycles. The number of ether oxygens (including phenoxy) is 2. The lowest BCUT2D eigenvalue weighted by atomic mass is 10.2. The molecule has 0 unspecified atom stereocenters. The van der Waals surface area contributed by atoms with Gasteiger partial charge < -0.3 is 9.47 Å². The molecule has 1 heterocycles. The maximum Gasteiger partial charge on any atom is 0.355 e. The van der Waals surface area contributed by atoms with Crippen LogP contribution in [0.4, 0.5) is 5.69 Å². The SMILES string of the molecule is COC(=O)c1cccc(N=Cc2ccc(OC(=O)c3sc4ccccc4c3Cl)cc2)c1. The van der Waals surface area contributed by atoms with Crippen molar-refractivity contribution in [3.8, 4) is 5.75 Å². The highest BCUT2D eigenvalue weighted by Gasteiger charge is 2.18. The van der Waals surface area contributed by atoms with Crippen molar-refractivity contribution in [1.29, 1.82) is 0 Å². The van der Waals surface area contributed by atoms with Crippen molar-refractivity contribution in [2.24, 2.45) is 4.99 Å². The molecule has 4 rings (SSSR count). The molecule has 7 heteroatoms. The maximum absolute atomic E-state index is 12.6. The maximum atomic E-state index is 12.6. The highest BCUT2D eigenvalue weighted by molar-refractivity contribution is 7.21. The van der Waals surface area contributed by atoms with Gasteiger partial charge in [-0.05, 0) is 54.1 Å². The molecule has 0 aliphatic heterocycles. The van der Waals surface area contributed by atoms with E-state index in [-0.39, 0.29) is 0 Å². The van der Waals surface area contributed by atoms with Gasteiger partial charge in [0.25, 0.3) is 0 Å². The Labute approximate surface area is 187 Å². The largest absolute Gasteiger partial charge is 0.465 e. The molecule has 5 nitrogen and oxygen atoms in total. The van der Waals surface area contributed by atoms with Gasteiger partial charge in [0.1, 0.15) is 10.6 Å². The Morgan fingerprint density at radius 1 is 0.968 bits per heavy atom. The molecule has 0 radical (unpaired) electrons. The van der Waals surface area contributed by atoms with Crippen LogP contribution in [0.15, 0.2) is 77.8 Å². The fourth-order valence-electron chi connectivity index (χ4n) is 2.90. The third-order valence-corrected chi connectivity index (χ3v) is 6.10. The first-order valence-electron chi connectivity index (χ1n) is 9.27. The Morgan fingerprint density at radius 3 is 2.48 bits per heavy atom. The lowest BCUT2D eigenvalue weighted by Gasteiger charge is -2.03. The molecular weight excluding hydrogens is 434 g/mol. The van der Waals surface area contributed by atoms with Crippen LogP contribution in [0.2, 0.25) is 5.02 Å². The second kappa shape index (κ2) is 9.12. The third-order valence-electron chi connectivity index (χ3n) is 4.44. The van der Waals surface area contributed by atoms with E-state index in [2.05, 4.69) is 4.99 Å². The van der Waals surface area contributed by atoms with Crippen molar-refractivity contribution in [2.45, 2.75) is 0 Å². The van der Waals surface area contributed by atoms with Crippen LogP contribution >= 0.6 is 22.9 Å². The van der Waals surface area contributed by atoms with E-state index < -0.39 is 11.9 Å². The molecule has 0 spiro atoms. The molecule has 0 amide bonds. The first-order chi connectivity index (χ1) is 15.0. The van der Waals surface area contributed by atoms with Gasteiger partial charge in [0.05, 0.1) is 23.4 Å². The summed E-state index contributed by atoms with van der Waals surface area (Å²) in [5.74, 6) is -0.502. The molecule has 4 aromatic rings. The number of hydrogen-bond acceptors (Lipinski definition) is 6. The minimum Gasteiger partial charge on any atom is -0.465 e. The number of thiophene rings is 1. The molecule has 0 atom stereocenters. The number of halogens is 1. The summed E-state index contributed by atoms with van der Waals surface area (Å²) >= 11 is 7.65. The second-order valence-corrected chi connectivity index (χ2v) is 7.93. The van der Waals surface area contributed by atoms with Crippen LogP contribution in [0, 0.1) is 0 Å². The number of benzene rings is 3. The lowest BCUT2D eigenvalue weighted by Crippen LogP contribution is -2.06. The van der Waals surface area contributed by atoms with Gasteiger partial charge in [-0.25, -0.2) is 9.59 Å². The zero-order valence-corrected chi connectivity index (χ0v) is 17.9. The summed E-state index contributed by atoms with van der Waals surface area (Å²) in [6.07, 6.45) is 1.66. The van der Waals surface area contributed by atoms with Gasteiger partial charge in [-0.15, -0.1) is 11.3 Å². The van der Waals surface area contributed by atoms with Gasteiger partial charge in [0.15, 0.2) is 0 Å². The van der Waals surface area contributed by atoms with Crippen molar-refractivity contribution >= 4 is 56.9 Å². The number of hydrogen-bond donors (Lipinski definition) is 0. The minimum absolute atomic E-state index is 0.374. The van der Waals surface area contributed by atoms with Crippen molar-refractivity contribution in [3.63, 3.8) is 0 Å². The Kier molecular flexibility index (Phi) is 6.11. The van der Waals surface area contributed by atoms with Crippen LogP contribution in [0.1, 0.15) is 25.6 Å². The Morgan fingerprint density at radius 2 is 1.74 bits per heavy atom. The van der Waals surface area contributed by atoms with Crippen molar-refractivity contribution < 1.29 is 19.1 Å². The van der Waals surface area contributed by atoms with Crippen molar-refractivity contribution in [2.75, 3.05) is 7.11 Å². The number of carbonyl (C=O) groups excluding carboxylic acids is 2. The van der Waals surface area contributed by atoms with Crippen molar-refractivity contribution in [1.82, 2.24) is 0 Å². The lowest BCUT2D eigenvalue weighted by molar-refractivity contribution is 0.0600. The highest BCUT2D eigenvalue weighted by Crippen LogP contribution is 2.35. The topological polar surface area (TPSA) is 65.0 Å². The fraction of sp³-hybridized carbons (Fsp3) is 0.0417. The standard InChI is InChI=1S/C24H16ClNO4S/c1-29-23(27)16-5-4-6-17(13-16)26-14-15-9-11-18(12-10-15)30-24(28)22-21(25)19-7-2-3-8-20(19)31-22/h2-14H,1H3. The number of aliphatic imine (C=N–C) groups is 1. The molecule has 0 fully saturated rings. The molecule has 0 bridgehead atoms. The van der Waals surface area contributed by atoms with Crippen LogP contribution < -0.4 is 4.74 Å². The fourth-order valence-corrected chi connectivity index (χ4v) is 4.29. The van der Waals surface area contributed by atoms with E-state index in [4.69, 9.17) is 21.1 Å². The predicted octanol–water partition coefficient (Wildman–Crippen LogP) is 6.31. The molecule has 0 saturated heterocycles. The van der Waals surface area contributed by atoms with E-state index >= 15 is 0 Å². The normalized spacial score (nSPS) is 11.0. The summed E-state index contributed by atoms with van der Waals surface area (Å²) in [5.41, 5.74) is 1.86. The van der Waals surface area contributed by atoms with Gasteiger partial charge in [0, 0.05) is 16.3 Å². The molecule has 0 saturated carbocycles.